The van der Waals surface area contributed by atoms with Crippen molar-refractivity contribution in [2.75, 3.05) is 11.9 Å². The molecule has 25 heavy (non-hydrogen) atoms. The standard InChI is InChI=1S/C19H30BrNO3S/c1-5-6-19-18(11-14(2)3)21(13-16(12-20)24-19)25(22,23)17-9-7-15(4)8-10-17/h7-10,14,16,18-19H,5-6,11-13H2,1-4H3/t16-,18-,19+/m0/s1. The van der Waals surface area contributed by atoms with Gasteiger partial charge in [0.2, 0.25) is 10.0 Å². The molecule has 1 aliphatic rings. The molecule has 2 rings (SSSR count). The summed E-state index contributed by atoms with van der Waals surface area (Å²) in [6, 6.07) is 7.03. The lowest BCUT2D eigenvalue weighted by Gasteiger charge is -2.44. The molecular weight excluding hydrogens is 402 g/mol. The zero-order valence-corrected chi connectivity index (χ0v) is 18.0. The molecular formula is C19H30BrNO3S. The van der Waals surface area contributed by atoms with E-state index in [9.17, 15) is 8.42 Å². The highest BCUT2D eigenvalue weighted by molar-refractivity contribution is 9.09. The molecule has 0 N–H and O–H groups in total. The number of benzene rings is 1. The number of morpholine rings is 1. The van der Waals surface area contributed by atoms with E-state index in [0.717, 1.165) is 24.8 Å². The van der Waals surface area contributed by atoms with E-state index >= 15 is 0 Å². The van der Waals surface area contributed by atoms with Crippen molar-refractivity contribution in [2.24, 2.45) is 5.92 Å². The highest BCUT2D eigenvalue weighted by atomic mass is 79.9. The Kier molecular flexibility index (Phi) is 7.50. The lowest BCUT2D eigenvalue weighted by Crippen LogP contribution is -2.57. The van der Waals surface area contributed by atoms with Gasteiger partial charge in [0.1, 0.15) is 0 Å². The Labute approximate surface area is 161 Å². The number of hydrogen-bond acceptors (Lipinski definition) is 3. The molecule has 0 saturated carbocycles. The van der Waals surface area contributed by atoms with Gasteiger partial charge in [-0.05, 0) is 37.8 Å². The first-order valence-corrected chi connectivity index (χ1v) is 11.7. The predicted octanol–water partition coefficient (Wildman–Crippen LogP) is 4.36. The lowest BCUT2D eigenvalue weighted by molar-refractivity contribution is -0.0912. The Morgan fingerprint density at radius 3 is 2.44 bits per heavy atom. The summed E-state index contributed by atoms with van der Waals surface area (Å²) in [5.74, 6) is 0.407. The van der Waals surface area contributed by atoms with Crippen LogP contribution in [-0.4, -0.2) is 42.8 Å². The lowest BCUT2D eigenvalue weighted by atomic mass is 9.95. The molecule has 1 fully saturated rings. The minimum Gasteiger partial charge on any atom is -0.371 e. The molecule has 1 heterocycles. The van der Waals surface area contributed by atoms with Crippen LogP contribution in [0.1, 0.15) is 45.6 Å². The predicted molar refractivity (Wildman–Crippen MR) is 106 cm³/mol. The zero-order chi connectivity index (χ0) is 18.6. The monoisotopic (exact) mass is 431 g/mol. The molecule has 4 nitrogen and oxygen atoms in total. The van der Waals surface area contributed by atoms with Crippen molar-refractivity contribution in [2.45, 2.75) is 70.1 Å². The Balaban J connectivity index is 2.41. The number of halogens is 1. The van der Waals surface area contributed by atoms with E-state index in [-0.39, 0.29) is 18.2 Å². The van der Waals surface area contributed by atoms with Gasteiger partial charge < -0.3 is 4.74 Å². The number of sulfonamides is 1. The van der Waals surface area contributed by atoms with Crippen LogP contribution in [0, 0.1) is 12.8 Å². The first-order chi connectivity index (χ1) is 11.8. The molecule has 142 valence electrons. The first kappa shape index (κ1) is 20.9. The van der Waals surface area contributed by atoms with Gasteiger partial charge in [0.05, 0.1) is 23.1 Å². The fourth-order valence-corrected chi connectivity index (χ4v) is 5.46. The second-order valence-corrected chi connectivity index (χ2v) is 9.86. The van der Waals surface area contributed by atoms with Crippen LogP contribution in [-0.2, 0) is 14.8 Å². The zero-order valence-electron chi connectivity index (χ0n) is 15.6. The molecule has 0 aliphatic carbocycles. The average Bonchev–Trinajstić information content (AvgIpc) is 2.56. The van der Waals surface area contributed by atoms with E-state index in [1.165, 1.54) is 0 Å². The number of rotatable bonds is 7. The number of alkyl halides is 1. The third-order valence-corrected chi connectivity index (χ3v) is 7.26. The van der Waals surface area contributed by atoms with Crippen molar-refractivity contribution in [3.8, 4) is 0 Å². The molecule has 0 aromatic heterocycles. The summed E-state index contributed by atoms with van der Waals surface area (Å²) in [4.78, 5) is 0.373. The summed E-state index contributed by atoms with van der Waals surface area (Å²) in [6.07, 6.45) is 2.50. The topological polar surface area (TPSA) is 46.6 Å². The van der Waals surface area contributed by atoms with Gasteiger partial charge in [-0.15, -0.1) is 0 Å². The van der Waals surface area contributed by atoms with E-state index < -0.39 is 10.0 Å². The highest BCUT2D eigenvalue weighted by Gasteiger charge is 2.42. The molecule has 0 bridgehead atoms. The minimum absolute atomic E-state index is 0.0519. The van der Waals surface area contributed by atoms with Crippen LogP contribution in [0.25, 0.3) is 0 Å². The smallest absolute Gasteiger partial charge is 0.243 e. The summed E-state index contributed by atoms with van der Waals surface area (Å²) in [5.41, 5.74) is 1.06. The van der Waals surface area contributed by atoms with Crippen molar-refractivity contribution < 1.29 is 13.2 Å². The van der Waals surface area contributed by atoms with Crippen LogP contribution >= 0.6 is 15.9 Å². The van der Waals surface area contributed by atoms with Gasteiger partial charge in [-0.2, -0.15) is 4.31 Å². The van der Waals surface area contributed by atoms with Crippen molar-refractivity contribution in [1.29, 1.82) is 0 Å². The SMILES string of the molecule is CCC[C@H]1O[C@@H](CBr)CN(S(=O)(=O)c2ccc(C)cc2)[C@H]1CC(C)C. The van der Waals surface area contributed by atoms with Gasteiger partial charge in [-0.3, -0.25) is 0 Å². The maximum absolute atomic E-state index is 13.4. The van der Waals surface area contributed by atoms with Crippen molar-refractivity contribution in [3.05, 3.63) is 29.8 Å². The highest BCUT2D eigenvalue weighted by Crippen LogP contribution is 2.32. The fourth-order valence-electron chi connectivity index (χ4n) is 3.41. The fraction of sp³-hybridized carbons (Fsp3) is 0.684. The van der Waals surface area contributed by atoms with E-state index in [4.69, 9.17) is 4.74 Å². The Bertz CT molecular complexity index is 645. The molecule has 6 heteroatoms. The maximum atomic E-state index is 13.4. The molecule has 0 unspecified atom stereocenters. The van der Waals surface area contributed by atoms with Gasteiger partial charge in [0.15, 0.2) is 0 Å². The van der Waals surface area contributed by atoms with Gasteiger partial charge >= 0.3 is 0 Å². The maximum Gasteiger partial charge on any atom is 0.243 e. The molecule has 0 spiro atoms. The molecule has 0 radical (unpaired) electrons. The van der Waals surface area contributed by atoms with Gasteiger partial charge in [0, 0.05) is 11.9 Å². The second-order valence-electron chi connectivity index (χ2n) is 7.32. The summed E-state index contributed by atoms with van der Waals surface area (Å²) >= 11 is 3.47. The van der Waals surface area contributed by atoms with Crippen LogP contribution in [0.4, 0.5) is 0 Å². The van der Waals surface area contributed by atoms with Crippen LogP contribution < -0.4 is 0 Å². The van der Waals surface area contributed by atoms with Crippen molar-refractivity contribution >= 4 is 26.0 Å². The summed E-state index contributed by atoms with van der Waals surface area (Å²) in [7, 11) is -3.54. The second kappa shape index (κ2) is 8.98. The van der Waals surface area contributed by atoms with Gasteiger partial charge in [-0.1, -0.05) is 60.8 Å². The van der Waals surface area contributed by atoms with E-state index in [1.54, 1.807) is 16.4 Å². The van der Waals surface area contributed by atoms with Crippen molar-refractivity contribution in [1.82, 2.24) is 4.31 Å². The Hall–Kier alpha value is -0.430. The van der Waals surface area contributed by atoms with Crippen LogP contribution in [0.2, 0.25) is 0 Å². The first-order valence-electron chi connectivity index (χ1n) is 9.09. The number of hydrogen-bond donors (Lipinski definition) is 0. The average molecular weight is 432 g/mol. The molecule has 0 amide bonds. The van der Waals surface area contributed by atoms with Crippen LogP contribution in [0.15, 0.2) is 29.2 Å². The summed E-state index contributed by atoms with van der Waals surface area (Å²) in [5, 5.41) is 0.640. The normalized spacial score (nSPS) is 25.4. The van der Waals surface area contributed by atoms with Crippen molar-refractivity contribution in [3.63, 3.8) is 0 Å². The third kappa shape index (κ3) is 5.06. The molecule has 1 aromatic carbocycles. The van der Waals surface area contributed by atoms with Crippen LogP contribution in [0.5, 0.6) is 0 Å². The number of aryl methyl sites for hydroxylation is 1. The van der Waals surface area contributed by atoms with Gasteiger partial charge in [0.25, 0.3) is 0 Å². The van der Waals surface area contributed by atoms with Gasteiger partial charge in [-0.25, -0.2) is 8.42 Å². The molecule has 1 aromatic rings. The molecule has 3 atom stereocenters. The summed E-state index contributed by atoms with van der Waals surface area (Å²) in [6.45, 7) is 8.75. The van der Waals surface area contributed by atoms with E-state index in [1.807, 2.05) is 19.1 Å². The third-order valence-electron chi connectivity index (χ3n) is 4.64. The van der Waals surface area contributed by atoms with E-state index in [2.05, 4.69) is 36.7 Å². The molecule has 1 aliphatic heterocycles. The Morgan fingerprint density at radius 2 is 1.92 bits per heavy atom. The number of nitrogens with zero attached hydrogens (tertiary/aromatic N) is 1. The quantitative estimate of drug-likeness (QED) is 0.602. The van der Waals surface area contributed by atoms with E-state index in [0.29, 0.717) is 22.7 Å². The Morgan fingerprint density at radius 1 is 1.28 bits per heavy atom. The van der Waals surface area contributed by atoms with Crippen LogP contribution in [0.3, 0.4) is 0 Å². The molecule has 1 saturated heterocycles. The minimum atomic E-state index is -3.54. The number of ether oxygens (including phenoxy) is 1. The largest absolute Gasteiger partial charge is 0.371 e. The summed E-state index contributed by atoms with van der Waals surface area (Å²) < 4.78 is 34.6.